The van der Waals surface area contributed by atoms with Gasteiger partial charge in [-0.15, -0.1) is 0 Å². The maximum Gasteiger partial charge on any atom is 0.173 e. The zero-order valence-electron chi connectivity index (χ0n) is 6.27. The second kappa shape index (κ2) is 2.30. The topological polar surface area (TPSA) is 62.4 Å². The van der Waals surface area contributed by atoms with Crippen molar-refractivity contribution in [2.75, 3.05) is 13.2 Å². The summed E-state index contributed by atoms with van der Waals surface area (Å²) in [6.45, 7) is 2.58. The molecule has 1 N–H and O–H groups in total. The van der Waals surface area contributed by atoms with E-state index in [1.807, 2.05) is 0 Å². The molecular formula is C6H11O4P. The molecule has 0 spiro atoms. The SMILES string of the molecule is CC(O)P(=O)(C1CO1)C1CO1. The fraction of sp³-hybridized carbons (Fsp3) is 1.00. The highest BCUT2D eigenvalue weighted by Gasteiger charge is 2.56. The smallest absolute Gasteiger partial charge is 0.173 e. The number of ether oxygens (including phenoxy) is 2. The van der Waals surface area contributed by atoms with Crippen molar-refractivity contribution < 1.29 is 19.1 Å². The molecule has 64 valence electrons. The first kappa shape index (κ1) is 7.74. The third kappa shape index (κ3) is 1.14. The molecule has 2 heterocycles. The van der Waals surface area contributed by atoms with Gasteiger partial charge >= 0.3 is 0 Å². The highest BCUT2D eigenvalue weighted by atomic mass is 31.2. The van der Waals surface area contributed by atoms with Crippen LogP contribution in [0, 0.1) is 0 Å². The molecule has 2 saturated heterocycles. The molecule has 0 amide bonds. The van der Waals surface area contributed by atoms with E-state index in [0.717, 1.165) is 0 Å². The molecule has 2 aliphatic heterocycles. The van der Waals surface area contributed by atoms with Gasteiger partial charge in [-0.2, -0.15) is 0 Å². The Bertz CT molecular complexity index is 182. The molecule has 0 aromatic heterocycles. The molecule has 2 rings (SSSR count). The summed E-state index contributed by atoms with van der Waals surface area (Å²) in [5, 5.41) is 9.27. The minimum Gasteiger partial charge on any atom is -0.385 e. The summed E-state index contributed by atoms with van der Waals surface area (Å²) in [4.78, 5) is 0. The second-order valence-corrected chi connectivity index (χ2v) is 6.40. The Balaban J connectivity index is 2.17. The molecule has 3 unspecified atom stereocenters. The van der Waals surface area contributed by atoms with E-state index >= 15 is 0 Å². The fourth-order valence-corrected chi connectivity index (χ4v) is 3.66. The quantitative estimate of drug-likeness (QED) is 0.502. The Morgan fingerprint density at radius 3 is 2.00 bits per heavy atom. The highest BCUT2D eigenvalue weighted by Crippen LogP contribution is 2.66. The molecule has 0 saturated carbocycles. The molecule has 11 heavy (non-hydrogen) atoms. The lowest BCUT2D eigenvalue weighted by molar-refractivity contribution is 0.259. The van der Waals surface area contributed by atoms with Crippen LogP contribution in [-0.4, -0.2) is 35.9 Å². The summed E-state index contributed by atoms with van der Waals surface area (Å²) in [6, 6.07) is 0. The maximum atomic E-state index is 11.9. The van der Waals surface area contributed by atoms with Crippen molar-refractivity contribution in [2.24, 2.45) is 0 Å². The third-order valence-electron chi connectivity index (χ3n) is 2.12. The second-order valence-electron chi connectivity index (χ2n) is 2.97. The van der Waals surface area contributed by atoms with Gasteiger partial charge in [0.1, 0.15) is 17.5 Å². The van der Waals surface area contributed by atoms with Crippen molar-refractivity contribution >= 4 is 7.14 Å². The van der Waals surface area contributed by atoms with Crippen LogP contribution in [0.4, 0.5) is 0 Å². The van der Waals surface area contributed by atoms with Gasteiger partial charge < -0.3 is 19.1 Å². The molecule has 5 heteroatoms. The minimum atomic E-state index is -2.60. The van der Waals surface area contributed by atoms with E-state index in [2.05, 4.69) is 0 Å². The van der Waals surface area contributed by atoms with Crippen LogP contribution in [-0.2, 0) is 14.0 Å². The number of rotatable bonds is 3. The Morgan fingerprint density at radius 2 is 1.82 bits per heavy atom. The minimum absolute atomic E-state index is 0.227. The number of epoxide rings is 2. The normalized spacial score (nSPS) is 42.7. The van der Waals surface area contributed by atoms with E-state index in [-0.39, 0.29) is 11.7 Å². The van der Waals surface area contributed by atoms with Crippen LogP contribution >= 0.6 is 7.14 Å². The van der Waals surface area contributed by atoms with Crippen molar-refractivity contribution in [2.45, 2.75) is 24.5 Å². The number of aliphatic hydroxyl groups is 1. The lowest BCUT2D eigenvalue weighted by Crippen LogP contribution is -2.11. The van der Waals surface area contributed by atoms with E-state index in [4.69, 9.17) is 9.47 Å². The first-order valence-electron chi connectivity index (χ1n) is 3.66. The maximum absolute atomic E-state index is 11.9. The molecule has 0 aliphatic carbocycles. The predicted molar refractivity (Wildman–Crippen MR) is 38.8 cm³/mol. The molecule has 0 aromatic rings. The predicted octanol–water partition coefficient (Wildman–Crippen LogP) is 0.400. The van der Waals surface area contributed by atoms with Crippen LogP contribution < -0.4 is 0 Å². The molecule has 4 nitrogen and oxygen atoms in total. The van der Waals surface area contributed by atoms with Gasteiger partial charge in [-0.1, -0.05) is 0 Å². The van der Waals surface area contributed by atoms with E-state index in [1.165, 1.54) is 0 Å². The Morgan fingerprint density at radius 1 is 1.45 bits per heavy atom. The average Bonchev–Trinajstić information content (AvgIpc) is 2.79. The fourth-order valence-electron chi connectivity index (χ4n) is 1.22. The largest absolute Gasteiger partial charge is 0.385 e. The summed E-state index contributed by atoms with van der Waals surface area (Å²) in [5.74, 6) is -1.24. The number of hydrogen-bond acceptors (Lipinski definition) is 4. The van der Waals surface area contributed by atoms with Crippen molar-refractivity contribution in [3.8, 4) is 0 Å². The van der Waals surface area contributed by atoms with Gasteiger partial charge in [0, 0.05) is 0 Å². The Labute approximate surface area is 64.9 Å². The van der Waals surface area contributed by atoms with Crippen LogP contribution in [0.15, 0.2) is 0 Å². The lowest BCUT2D eigenvalue weighted by Gasteiger charge is -2.15. The van der Waals surface area contributed by atoms with E-state index in [9.17, 15) is 9.67 Å². The van der Waals surface area contributed by atoms with Gasteiger partial charge in [-0.25, -0.2) is 0 Å². The van der Waals surface area contributed by atoms with E-state index in [1.54, 1.807) is 6.92 Å². The van der Waals surface area contributed by atoms with Crippen LogP contribution in [0.2, 0.25) is 0 Å². The van der Waals surface area contributed by atoms with Crippen molar-refractivity contribution in [3.05, 3.63) is 0 Å². The summed E-state index contributed by atoms with van der Waals surface area (Å²) in [6.07, 6.45) is 0. The Kier molecular flexibility index (Phi) is 1.62. The number of aliphatic hydroxyl groups excluding tert-OH is 1. The van der Waals surface area contributed by atoms with Gasteiger partial charge in [0.25, 0.3) is 0 Å². The molecule has 2 fully saturated rings. The van der Waals surface area contributed by atoms with Crippen molar-refractivity contribution in [1.29, 1.82) is 0 Å². The molecule has 0 bridgehead atoms. The summed E-state index contributed by atoms with van der Waals surface area (Å²) < 4.78 is 21.8. The van der Waals surface area contributed by atoms with Gasteiger partial charge in [-0.3, -0.25) is 0 Å². The molecule has 3 atom stereocenters. The molecular weight excluding hydrogens is 167 g/mol. The van der Waals surface area contributed by atoms with Crippen LogP contribution in [0.5, 0.6) is 0 Å². The zero-order valence-corrected chi connectivity index (χ0v) is 7.16. The van der Waals surface area contributed by atoms with Crippen LogP contribution in [0.3, 0.4) is 0 Å². The highest BCUT2D eigenvalue weighted by molar-refractivity contribution is 7.66. The van der Waals surface area contributed by atoms with Gasteiger partial charge in [0.15, 0.2) is 7.14 Å². The molecule has 2 aliphatic rings. The summed E-state index contributed by atoms with van der Waals surface area (Å²) in [7, 11) is -2.60. The van der Waals surface area contributed by atoms with Gasteiger partial charge in [0.05, 0.1) is 13.2 Å². The third-order valence-corrected chi connectivity index (χ3v) is 5.68. The molecule has 0 aromatic carbocycles. The first-order valence-corrected chi connectivity index (χ1v) is 5.57. The van der Waals surface area contributed by atoms with Crippen LogP contribution in [0.25, 0.3) is 0 Å². The van der Waals surface area contributed by atoms with E-state index in [0.29, 0.717) is 13.2 Å². The first-order chi connectivity index (χ1) is 5.15. The molecule has 0 radical (unpaired) electrons. The van der Waals surface area contributed by atoms with Crippen molar-refractivity contribution in [3.63, 3.8) is 0 Å². The average molecular weight is 178 g/mol. The van der Waals surface area contributed by atoms with Gasteiger partial charge in [-0.05, 0) is 6.92 Å². The summed E-state index contributed by atoms with van der Waals surface area (Å²) in [5.41, 5.74) is 0. The summed E-state index contributed by atoms with van der Waals surface area (Å²) >= 11 is 0. The van der Waals surface area contributed by atoms with Crippen molar-refractivity contribution in [1.82, 2.24) is 0 Å². The monoisotopic (exact) mass is 178 g/mol. The lowest BCUT2D eigenvalue weighted by atomic mass is 10.9. The van der Waals surface area contributed by atoms with Crippen LogP contribution in [0.1, 0.15) is 6.92 Å². The van der Waals surface area contributed by atoms with Gasteiger partial charge in [0.2, 0.25) is 0 Å². The Hall–Kier alpha value is 0.110. The standard InChI is InChI=1S/C6H11O4P/c1-4(7)11(8,5-2-9-5)6-3-10-6/h4-7H,2-3H2,1H3. The zero-order chi connectivity index (χ0) is 8.06. The van der Waals surface area contributed by atoms with E-state index < -0.39 is 13.0 Å². The number of hydrogen-bond donors (Lipinski definition) is 1.